The van der Waals surface area contributed by atoms with Gasteiger partial charge in [0, 0.05) is 16.7 Å². The van der Waals surface area contributed by atoms with Gasteiger partial charge in [0.1, 0.15) is 11.9 Å². The Bertz CT molecular complexity index is 1180. The number of fused-ring (bicyclic) bond motifs is 1. The molecule has 1 unspecified atom stereocenters. The summed E-state index contributed by atoms with van der Waals surface area (Å²) in [6, 6.07) is 13.4. The van der Waals surface area contributed by atoms with E-state index in [-0.39, 0.29) is 5.56 Å². The zero-order valence-electron chi connectivity index (χ0n) is 14.1. The third-order valence-electron chi connectivity index (χ3n) is 4.25. The lowest BCUT2D eigenvalue weighted by molar-refractivity contribution is 0.515. The summed E-state index contributed by atoms with van der Waals surface area (Å²) in [7, 11) is 0. The van der Waals surface area contributed by atoms with Crippen molar-refractivity contribution < 1.29 is 0 Å². The molecule has 0 amide bonds. The van der Waals surface area contributed by atoms with Crippen LogP contribution in [-0.2, 0) is 0 Å². The number of rotatable bonds is 3. The van der Waals surface area contributed by atoms with E-state index in [4.69, 9.17) is 34.8 Å². The third-order valence-corrected chi connectivity index (χ3v) is 5.21. The molecule has 5 nitrogen and oxygen atoms in total. The summed E-state index contributed by atoms with van der Waals surface area (Å²) in [5.74, 6) is 0.584. The van der Waals surface area contributed by atoms with Gasteiger partial charge >= 0.3 is 0 Å². The molecular formula is C19H13Cl3N4O. The van der Waals surface area contributed by atoms with Gasteiger partial charge in [-0.05, 0) is 37.3 Å². The standard InChI is InChI=1S/C19H13Cl3N4O/c1-10(19-23-16-8-13(21)14(22)9-17(16)24-19)26-18(27)6-5-15(25-26)11-3-2-4-12(20)7-11/h2-10H,1H3,(H,23,24). The Balaban J connectivity index is 1.78. The van der Waals surface area contributed by atoms with Crippen LogP contribution in [0.1, 0.15) is 18.8 Å². The van der Waals surface area contributed by atoms with Crippen molar-refractivity contribution in [3.63, 3.8) is 0 Å². The number of nitrogens with one attached hydrogen (secondary N) is 1. The Hall–Kier alpha value is -2.34. The van der Waals surface area contributed by atoms with Crippen molar-refractivity contribution in [1.29, 1.82) is 0 Å². The van der Waals surface area contributed by atoms with E-state index < -0.39 is 6.04 Å². The Morgan fingerprint density at radius 2 is 1.81 bits per heavy atom. The van der Waals surface area contributed by atoms with Crippen LogP contribution in [0.4, 0.5) is 0 Å². The van der Waals surface area contributed by atoms with E-state index >= 15 is 0 Å². The highest BCUT2D eigenvalue weighted by Gasteiger charge is 2.17. The molecule has 1 N–H and O–H groups in total. The molecule has 2 aromatic heterocycles. The molecule has 136 valence electrons. The summed E-state index contributed by atoms with van der Waals surface area (Å²) in [5.41, 5.74) is 2.65. The Morgan fingerprint density at radius 1 is 1.04 bits per heavy atom. The molecule has 0 aliphatic heterocycles. The van der Waals surface area contributed by atoms with Crippen LogP contribution >= 0.6 is 34.8 Å². The number of halogens is 3. The molecule has 0 aliphatic carbocycles. The lowest BCUT2D eigenvalue weighted by atomic mass is 10.1. The fraction of sp³-hybridized carbons (Fsp3) is 0.105. The molecular weight excluding hydrogens is 407 g/mol. The number of hydrogen-bond donors (Lipinski definition) is 1. The summed E-state index contributed by atoms with van der Waals surface area (Å²) in [6.45, 7) is 1.84. The van der Waals surface area contributed by atoms with Crippen molar-refractivity contribution in [2.45, 2.75) is 13.0 Å². The minimum absolute atomic E-state index is 0.232. The maximum Gasteiger partial charge on any atom is 0.267 e. The first kappa shape index (κ1) is 18.0. The predicted octanol–water partition coefficient (Wildman–Crippen LogP) is 5.36. The number of aromatic amines is 1. The molecule has 1 atom stereocenters. The number of aromatic nitrogens is 4. The quantitative estimate of drug-likeness (QED) is 0.486. The van der Waals surface area contributed by atoms with Crippen LogP contribution in [0.3, 0.4) is 0 Å². The molecule has 0 fully saturated rings. The van der Waals surface area contributed by atoms with Crippen LogP contribution in [0.25, 0.3) is 22.3 Å². The molecule has 2 aromatic carbocycles. The maximum absolute atomic E-state index is 12.4. The first-order valence-electron chi connectivity index (χ1n) is 8.13. The minimum Gasteiger partial charge on any atom is -0.340 e. The van der Waals surface area contributed by atoms with Crippen molar-refractivity contribution in [3.05, 3.63) is 79.8 Å². The molecule has 27 heavy (non-hydrogen) atoms. The first-order valence-corrected chi connectivity index (χ1v) is 9.26. The Labute approximate surface area is 169 Å². The molecule has 0 spiro atoms. The van der Waals surface area contributed by atoms with E-state index in [1.54, 1.807) is 30.3 Å². The Morgan fingerprint density at radius 3 is 2.59 bits per heavy atom. The van der Waals surface area contributed by atoms with Gasteiger partial charge in [-0.3, -0.25) is 4.79 Å². The van der Waals surface area contributed by atoms with Gasteiger partial charge in [-0.25, -0.2) is 9.67 Å². The van der Waals surface area contributed by atoms with Crippen LogP contribution in [0.2, 0.25) is 15.1 Å². The van der Waals surface area contributed by atoms with Gasteiger partial charge in [-0.2, -0.15) is 5.10 Å². The van der Waals surface area contributed by atoms with Gasteiger partial charge in [0.2, 0.25) is 0 Å². The predicted molar refractivity (Wildman–Crippen MR) is 109 cm³/mol. The summed E-state index contributed by atoms with van der Waals surface area (Å²) in [4.78, 5) is 20.1. The SMILES string of the molecule is CC(c1nc2cc(Cl)c(Cl)cc2[nH]1)n1nc(-c2cccc(Cl)c2)ccc1=O. The molecule has 0 aliphatic rings. The zero-order valence-corrected chi connectivity index (χ0v) is 16.3. The van der Waals surface area contributed by atoms with E-state index in [9.17, 15) is 4.79 Å². The van der Waals surface area contributed by atoms with Gasteiger partial charge in [0.25, 0.3) is 5.56 Å². The van der Waals surface area contributed by atoms with Crippen molar-refractivity contribution in [2.75, 3.05) is 0 Å². The van der Waals surface area contributed by atoms with Crippen LogP contribution in [0.5, 0.6) is 0 Å². The summed E-state index contributed by atoms with van der Waals surface area (Å²) in [6.07, 6.45) is 0. The fourth-order valence-electron chi connectivity index (χ4n) is 2.84. The number of imidazole rings is 1. The largest absolute Gasteiger partial charge is 0.340 e. The zero-order chi connectivity index (χ0) is 19.1. The molecule has 8 heteroatoms. The second-order valence-corrected chi connectivity index (χ2v) is 7.34. The highest BCUT2D eigenvalue weighted by atomic mass is 35.5. The van der Waals surface area contributed by atoms with E-state index in [0.29, 0.717) is 32.1 Å². The normalized spacial score (nSPS) is 12.4. The van der Waals surface area contributed by atoms with Gasteiger partial charge in [-0.1, -0.05) is 46.9 Å². The topological polar surface area (TPSA) is 63.6 Å². The summed E-state index contributed by atoms with van der Waals surface area (Å²) < 4.78 is 1.39. The average molecular weight is 420 g/mol. The third kappa shape index (κ3) is 3.46. The van der Waals surface area contributed by atoms with Crippen LogP contribution < -0.4 is 5.56 Å². The lowest BCUT2D eigenvalue weighted by Gasteiger charge is -2.12. The van der Waals surface area contributed by atoms with Crippen molar-refractivity contribution in [2.24, 2.45) is 0 Å². The molecule has 0 bridgehead atoms. The molecule has 0 saturated carbocycles. The first-order chi connectivity index (χ1) is 12.9. The van der Waals surface area contributed by atoms with E-state index in [2.05, 4.69) is 15.1 Å². The second-order valence-electron chi connectivity index (χ2n) is 6.09. The minimum atomic E-state index is -0.415. The monoisotopic (exact) mass is 418 g/mol. The van der Waals surface area contributed by atoms with E-state index in [1.807, 2.05) is 19.1 Å². The molecule has 2 heterocycles. The number of hydrogen-bond acceptors (Lipinski definition) is 3. The molecule has 4 rings (SSSR count). The van der Waals surface area contributed by atoms with Crippen molar-refractivity contribution in [3.8, 4) is 11.3 Å². The van der Waals surface area contributed by atoms with Crippen LogP contribution in [-0.4, -0.2) is 19.7 Å². The van der Waals surface area contributed by atoms with Crippen LogP contribution in [0.15, 0.2) is 53.3 Å². The van der Waals surface area contributed by atoms with Crippen molar-refractivity contribution in [1.82, 2.24) is 19.7 Å². The number of nitrogens with zero attached hydrogens (tertiary/aromatic N) is 3. The number of benzene rings is 2. The lowest BCUT2D eigenvalue weighted by Crippen LogP contribution is -2.26. The molecule has 4 aromatic rings. The smallest absolute Gasteiger partial charge is 0.267 e. The highest BCUT2D eigenvalue weighted by Crippen LogP contribution is 2.28. The second kappa shape index (κ2) is 7.00. The fourth-order valence-corrected chi connectivity index (χ4v) is 3.35. The van der Waals surface area contributed by atoms with E-state index in [1.165, 1.54) is 10.7 Å². The summed E-state index contributed by atoms with van der Waals surface area (Å²) in [5, 5.41) is 5.96. The van der Waals surface area contributed by atoms with Crippen LogP contribution in [0, 0.1) is 0 Å². The van der Waals surface area contributed by atoms with Gasteiger partial charge in [0.15, 0.2) is 0 Å². The number of H-pyrrole nitrogens is 1. The molecule has 0 saturated heterocycles. The Kier molecular flexibility index (Phi) is 4.68. The molecule has 0 radical (unpaired) electrons. The maximum atomic E-state index is 12.4. The van der Waals surface area contributed by atoms with E-state index in [0.717, 1.165) is 11.1 Å². The van der Waals surface area contributed by atoms with Gasteiger partial charge < -0.3 is 4.98 Å². The highest BCUT2D eigenvalue weighted by molar-refractivity contribution is 6.42. The van der Waals surface area contributed by atoms with Gasteiger partial charge in [-0.15, -0.1) is 0 Å². The average Bonchev–Trinajstić information content (AvgIpc) is 3.04. The summed E-state index contributed by atoms with van der Waals surface area (Å²) >= 11 is 18.2. The van der Waals surface area contributed by atoms with Crippen molar-refractivity contribution >= 4 is 45.8 Å². The van der Waals surface area contributed by atoms with Gasteiger partial charge in [0.05, 0.1) is 26.8 Å².